The summed E-state index contributed by atoms with van der Waals surface area (Å²) >= 11 is 0. The van der Waals surface area contributed by atoms with Crippen molar-refractivity contribution >= 4 is 23.8 Å². The van der Waals surface area contributed by atoms with E-state index in [2.05, 4.69) is 24.5 Å². The Morgan fingerprint density at radius 1 is 0.759 bits per heavy atom. The van der Waals surface area contributed by atoms with Crippen LogP contribution in [0.5, 0.6) is 0 Å². The molecule has 0 fully saturated rings. The molecule has 0 spiro atoms. The van der Waals surface area contributed by atoms with E-state index in [4.69, 9.17) is 10.2 Å². The SMILES string of the molecule is CC(C)c1ccc(-c2cc(C(=O)NCC(=O)O)cc(C(=O)NCC(=O)O)c2)cc1. The fraction of sp³-hybridized carbons (Fsp3) is 0.238. The van der Waals surface area contributed by atoms with E-state index in [-0.39, 0.29) is 11.1 Å². The van der Waals surface area contributed by atoms with Crippen LogP contribution in [-0.2, 0) is 9.59 Å². The maximum absolute atomic E-state index is 12.3. The average molecular weight is 398 g/mol. The summed E-state index contributed by atoms with van der Waals surface area (Å²) in [4.78, 5) is 46.0. The van der Waals surface area contributed by atoms with Gasteiger partial charge in [-0.1, -0.05) is 38.1 Å². The minimum absolute atomic E-state index is 0.0946. The van der Waals surface area contributed by atoms with Crippen molar-refractivity contribution < 1.29 is 29.4 Å². The van der Waals surface area contributed by atoms with E-state index in [9.17, 15) is 19.2 Å². The molecule has 0 unspecified atom stereocenters. The van der Waals surface area contributed by atoms with Crippen molar-refractivity contribution in [3.63, 3.8) is 0 Å². The number of benzene rings is 2. The van der Waals surface area contributed by atoms with E-state index in [1.54, 1.807) is 12.1 Å². The van der Waals surface area contributed by atoms with Crippen molar-refractivity contribution in [2.45, 2.75) is 19.8 Å². The molecule has 8 heteroatoms. The lowest BCUT2D eigenvalue weighted by atomic mass is 9.96. The third-order valence-electron chi connectivity index (χ3n) is 4.17. The second-order valence-corrected chi connectivity index (χ2v) is 6.73. The quantitative estimate of drug-likeness (QED) is 0.538. The molecule has 0 aromatic heterocycles. The van der Waals surface area contributed by atoms with Crippen molar-refractivity contribution in [1.82, 2.24) is 10.6 Å². The molecule has 2 amide bonds. The Hall–Kier alpha value is -3.68. The molecule has 4 N–H and O–H groups in total. The first-order valence-electron chi connectivity index (χ1n) is 8.92. The average Bonchev–Trinajstić information content (AvgIpc) is 2.69. The van der Waals surface area contributed by atoms with E-state index in [0.717, 1.165) is 11.1 Å². The van der Waals surface area contributed by atoms with Gasteiger partial charge < -0.3 is 20.8 Å². The molecular weight excluding hydrogens is 376 g/mol. The summed E-state index contributed by atoms with van der Waals surface area (Å²) in [5, 5.41) is 22.0. The van der Waals surface area contributed by atoms with Crippen molar-refractivity contribution in [3.8, 4) is 11.1 Å². The molecule has 0 saturated carbocycles. The van der Waals surface area contributed by atoms with Gasteiger partial charge in [0, 0.05) is 11.1 Å². The Morgan fingerprint density at radius 2 is 1.21 bits per heavy atom. The number of carboxylic acid groups (broad SMARTS) is 2. The number of amides is 2. The van der Waals surface area contributed by atoms with Crippen LogP contribution in [0.2, 0.25) is 0 Å². The highest BCUT2D eigenvalue weighted by Crippen LogP contribution is 2.25. The molecule has 2 aromatic rings. The molecule has 152 valence electrons. The maximum atomic E-state index is 12.3. The highest BCUT2D eigenvalue weighted by molar-refractivity contribution is 6.02. The summed E-state index contributed by atoms with van der Waals surface area (Å²) in [6, 6.07) is 12.0. The number of hydrogen-bond acceptors (Lipinski definition) is 4. The van der Waals surface area contributed by atoms with Gasteiger partial charge in [-0.15, -0.1) is 0 Å². The van der Waals surface area contributed by atoms with E-state index in [0.29, 0.717) is 11.5 Å². The zero-order chi connectivity index (χ0) is 21.6. The van der Waals surface area contributed by atoms with Crippen molar-refractivity contribution in [3.05, 3.63) is 59.2 Å². The normalized spacial score (nSPS) is 10.4. The summed E-state index contributed by atoms with van der Waals surface area (Å²) in [5.41, 5.74) is 2.65. The lowest BCUT2D eigenvalue weighted by Gasteiger charge is -2.11. The lowest BCUT2D eigenvalue weighted by Crippen LogP contribution is -2.31. The fourth-order valence-electron chi connectivity index (χ4n) is 2.63. The van der Waals surface area contributed by atoms with Gasteiger partial charge in [-0.3, -0.25) is 19.2 Å². The van der Waals surface area contributed by atoms with Gasteiger partial charge in [-0.2, -0.15) is 0 Å². The highest BCUT2D eigenvalue weighted by atomic mass is 16.4. The molecule has 2 aromatic carbocycles. The van der Waals surface area contributed by atoms with Crippen molar-refractivity contribution in [2.24, 2.45) is 0 Å². The number of carbonyl (C=O) groups is 4. The Morgan fingerprint density at radius 3 is 1.59 bits per heavy atom. The molecule has 2 rings (SSSR count). The smallest absolute Gasteiger partial charge is 0.322 e. The molecule has 0 atom stereocenters. The van der Waals surface area contributed by atoms with E-state index in [1.807, 2.05) is 24.3 Å². The van der Waals surface area contributed by atoms with E-state index < -0.39 is 36.8 Å². The zero-order valence-corrected chi connectivity index (χ0v) is 16.1. The third kappa shape index (κ3) is 6.17. The molecule has 29 heavy (non-hydrogen) atoms. The number of hydrogen-bond donors (Lipinski definition) is 4. The first kappa shape index (κ1) is 21.6. The second-order valence-electron chi connectivity index (χ2n) is 6.73. The molecule has 0 radical (unpaired) electrons. The number of carbonyl (C=O) groups excluding carboxylic acids is 2. The van der Waals surface area contributed by atoms with Crippen LogP contribution >= 0.6 is 0 Å². The van der Waals surface area contributed by atoms with Crippen LogP contribution in [0.15, 0.2) is 42.5 Å². The van der Waals surface area contributed by atoms with E-state index >= 15 is 0 Å². The lowest BCUT2D eigenvalue weighted by molar-refractivity contribution is -0.136. The maximum Gasteiger partial charge on any atom is 0.322 e. The van der Waals surface area contributed by atoms with Gasteiger partial charge in [-0.05, 0) is 40.8 Å². The first-order chi connectivity index (χ1) is 13.7. The summed E-state index contributed by atoms with van der Waals surface area (Å²) in [6.45, 7) is 3.00. The topological polar surface area (TPSA) is 133 Å². The van der Waals surface area contributed by atoms with E-state index in [1.165, 1.54) is 6.07 Å². The highest BCUT2D eigenvalue weighted by Gasteiger charge is 2.15. The van der Waals surface area contributed by atoms with Gasteiger partial charge in [-0.25, -0.2) is 0 Å². The third-order valence-corrected chi connectivity index (χ3v) is 4.17. The van der Waals surface area contributed by atoms with Crippen LogP contribution in [0.1, 0.15) is 46.0 Å². The number of carboxylic acids is 2. The molecule has 0 saturated heterocycles. The molecule has 0 aliphatic heterocycles. The fourth-order valence-corrected chi connectivity index (χ4v) is 2.63. The second kappa shape index (κ2) is 9.50. The summed E-state index contributed by atoms with van der Waals surface area (Å²) in [5.74, 6) is -3.35. The van der Waals surface area contributed by atoms with Gasteiger partial charge in [0.15, 0.2) is 0 Å². The standard InChI is InChI=1S/C21H22N2O6/c1-12(2)13-3-5-14(6-4-13)15-7-16(20(28)22-10-18(24)25)9-17(8-15)21(29)23-11-19(26)27/h3-9,12H,10-11H2,1-2H3,(H,22,28)(H,23,29)(H,24,25)(H,26,27). The first-order valence-corrected chi connectivity index (χ1v) is 8.92. The van der Waals surface area contributed by atoms with Crippen LogP contribution in [0.3, 0.4) is 0 Å². The largest absolute Gasteiger partial charge is 0.480 e. The van der Waals surface area contributed by atoms with Crippen molar-refractivity contribution in [2.75, 3.05) is 13.1 Å². The van der Waals surface area contributed by atoms with Crippen LogP contribution in [0.25, 0.3) is 11.1 Å². The van der Waals surface area contributed by atoms with Crippen molar-refractivity contribution in [1.29, 1.82) is 0 Å². The molecular formula is C21H22N2O6. The Labute approximate surface area is 167 Å². The minimum atomic E-state index is -1.20. The summed E-state index contributed by atoms with van der Waals surface area (Å²) in [7, 11) is 0. The molecule has 0 bridgehead atoms. The predicted molar refractivity (Wildman–Crippen MR) is 106 cm³/mol. The van der Waals surface area contributed by atoms with Crippen LogP contribution in [0.4, 0.5) is 0 Å². The Bertz CT molecular complexity index is 886. The van der Waals surface area contributed by atoms with Gasteiger partial charge in [0.2, 0.25) is 0 Å². The molecule has 8 nitrogen and oxygen atoms in total. The summed E-state index contributed by atoms with van der Waals surface area (Å²) < 4.78 is 0. The van der Waals surface area contributed by atoms with Crippen LogP contribution in [0, 0.1) is 0 Å². The monoisotopic (exact) mass is 398 g/mol. The number of aliphatic carboxylic acids is 2. The van der Waals surface area contributed by atoms with Gasteiger partial charge in [0.1, 0.15) is 13.1 Å². The molecule has 0 aliphatic rings. The molecule has 0 heterocycles. The molecule has 0 aliphatic carbocycles. The Balaban J connectivity index is 2.42. The predicted octanol–water partition coefficient (Wildman–Crippen LogP) is 2.11. The zero-order valence-electron chi connectivity index (χ0n) is 16.1. The number of nitrogens with one attached hydrogen (secondary N) is 2. The van der Waals surface area contributed by atoms with Gasteiger partial charge in [0.25, 0.3) is 11.8 Å². The van der Waals surface area contributed by atoms with Gasteiger partial charge >= 0.3 is 11.9 Å². The van der Waals surface area contributed by atoms with Crippen LogP contribution in [-0.4, -0.2) is 47.1 Å². The minimum Gasteiger partial charge on any atom is -0.480 e. The van der Waals surface area contributed by atoms with Gasteiger partial charge in [0.05, 0.1) is 0 Å². The number of rotatable bonds is 8. The summed E-state index contributed by atoms with van der Waals surface area (Å²) in [6.07, 6.45) is 0. The Kier molecular flexibility index (Phi) is 7.08. The van der Waals surface area contributed by atoms with Crippen LogP contribution < -0.4 is 10.6 Å².